The van der Waals surface area contributed by atoms with Gasteiger partial charge in [-0.2, -0.15) is 0 Å². The molecular formula is C19H20BrNO3. The van der Waals surface area contributed by atoms with Gasteiger partial charge in [-0.25, -0.2) is 0 Å². The second-order valence-electron chi connectivity index (χ2n) is 6.24. The molecule has 1 fully saturated rings. The Morgan fingerprint density at radius 2 is 1.75 bits per heavy atom. The minimum Gasteiger partial charge on any atom is -0.508 e. The van der Waals surface area contributed by atoms with Crippen molar-refractivity contribution in [1.82, 2.24) is 5.32 Å². The highest BCUT2D eigenvalue weighted by Gasteiger charge is 2.25. The van der Waals surface area contributed by atoms with Gasteiger partial charge in [0, 0.05) is 16.6 Å². The predicted octanol–water partition coefficient (Wildman–Crippen LogP) is 4.32. The monoisotopic (exact) mass is 389 g/mol. The Kier molecular flexibility index (Phi) is 5.09. The molecule has 2 aromatic rings. The number of aromatic hydroxyl groups is 2. The number of rotatable bonds is 3. The molecular weight excluding hydrogens is 370 g/mol. The summed E-state index contributed by atoms with van der Waals surface area (Å²) in [6, 6.07) is 12.3. The number of hydrogen-bond donors (Lipinski definition) is 3. The van der Waals surface area contributed by atoms with Gasteiger partial charge in [-0.1, -0.05) is 18.2 Å². The van der Waals surface area contributed by atoms with Crippen LogP contribution in [-0.4, -0.2) is 22.2 Å². The Morgan fingerprint density at radius 1 is 1.04 bits per heavy atom. The topological polar surface area (TPSA) is 69.6 Å². The van der Waals surface area contributed by atoms with Crippen LogP contribution < -0.4 is 5.32 Å². The van der Waals surface area contributed by atoms with Crippen LogP contribution in [-0.2, 0) is 0 Å². The third-order valence-electron chi connectivity index (χ3n) is 4.63. The van der Waals surface area contributed by atoms with E-state index in [9.17, 15) is 15.0 Å². The van der Waals surface area contributed by atoms with E-state index >= 15 is 0 Å². The van der Waals surface area contributed by atoms with Crippen LogP contribution >= 0.6 is 15.9 Å². The summed E-state index contributed by atoms with van der Waals surface area (Å²) in [4.78, 5) is 12.4. The molecule has 0 bridgehead atoms. The Hall–Kier alpha value is -2.01. The van der Waals surface area contributed by atoms with Gasteiger partial charge in [-0.05, 0) is 71.3 Å². The van der Waals surface area contributed by atoms with Crippen LogP contribution in [0.1, 0.15) is 47.5 Å². The molecule has 0 heterocycles. The van der Waals surface area contributed by atoms with Gasteiger partial charge in [-0.3, -0.25) is 4.79 Å². The van der Waals surface area contributed by atoms with Crippen molar-refractivity contribution in [2.24, 2.45) is 0 Å². The van der Waals surface area contributed by atoms with E-state index < -0.39 is 0 Å². The van der Waals surface area contributed by atoms with Gasteiger partial charge in [0.05, 0.1) is 5.56 Å². The molecule has 2 aromatic carbocycles. The molecule has 0 spiro atoms. The van der Waals surface area contributed by atoms with Crippen molar-refractivity contribution in [3.63, 3.8) is 0 Å². The predicted molar refractivity (Wildman–Crippen MR) is 96.4 cm³/mol. The summed E-state index contributed by atoms with van der Waals surface area (Å²) in [5.74, 6) is 0.432. The van der Waals surface area contributed by atoms with Gasteiger partial charge in [0.25, 0.3) is 5.91 Å². The fourth-order valence-corrected chi connectivity index (χ4v) is 3.80. The standard InChI is InChI=1S/C19H20BrNO3/c20-17-4-2-1-3-16(17)19(24)21-13-7-5-12(6-8-13)15-10-9-14(22)11-18(15)23/h1-4,9-13,22-23H,5-8H2,(H,21,24). The summed E-state index contributed by atoms with van der Waals surface area (Å²) in [5.41, 5.74) is 1.53. The summed E-state index contributed by atoms with van der Waals surface area (Å²) in [6.45, 7) is 0. The number of amides is 1. The van der Waals surface area contributed by atoms with Crippen molar-refractivity contribution < 1.29 is 15.0 Å². The average Bonchev–Trinajstić information content (AvgIpc) is 2.56. The first-order chi connectivity index (χ1) is 11.5. The number of halogens is 1. The zero-order valence-corrected chi connectivity index (χ0v) is 14.8. The molecule has 5 heteroatoms. The van der Waals surface area contributed by atoms with Crippen LogP contribution in [0.25, 0.3) is 0 Å². The number of phenols is 2. The van der Waals surface area contributed by atoms with Crippen LogP contribution in [0.3, 0.4) is 0 Å². The molecule has 0 radical (unpaired) electrons. The minimum atomic E-state index is -0.0570. The maximum Gasteiger partial charge on any atom is 0.252 e. The lowest BCUT2D eigenvalue weighted by molar-refractivity contribution is 0.0925. The molecule has 1 amide bonds. The maximum absolute atomic E-state index is 12.4. The first-order valence-electron chi connectivity index (χ1n) is 8.12. The van der Waals surface area contributed by atoms with Crippen molar-refractivity contribution in [1.29, 1.82) is 0 Å². The second-order valence-corrected chi connectivity index (χ2v) is 7.10. The first-order valence-corrected chi connectivity index (χ1v) is 8.91. The van der Waals surface area contributed by atoms with Crippen LogP contribution in [0.2, 0.25) is 0 Å². The number of phenolic OH excluding ortho intramolecular Hbond substituents is 2. The number of benzene rings is 2. The van der Waals surface area contributed by atoms with Crippen molar-refractivity contribution in [2.45, 2.75) is 37.6 Å². The van der Waals surface area contributed by atoms with E-state index in [0.717, 1.165) is 35.7 Å². The van der Waals surface area contributed by atoms with Gasteiger partial charge in [0.2, 0.25) is 0 Å². The van der Waals surface area contributed by atoms with Crippen molar-refractivity contribution >= 4 is 21.8 Å². The zero-order chi connectivity index (χ0) is 17.1. The van der Waals surface area contributed by atoms with Crippen molar-refractivity contribution in [3.8, 4) is 11.5 Å². The fraction of sp³-hybridized carbons (Fsp3) is 0.316. The number of hydrogen-bond acceptors (Lipinski definition) is 3. The molecule has 3 N–H and O–H groups in total. The zero-order valence-electron chi connectivity index (χ0n) is 13.2. The van der Waals surface area contributed by atoms with Gasteiger partial charge in [0.15, 0.2) is 0 Å². The van der Waals surface area contributed by atoms with Gasteiger partial charge in [-0.15, -0.1) is 0 Å². The highest BCUT2D eigenvalue weighted by Crippen LogP contribution is 2.38. The summed E-state index contributed by atoms with van der Waals surface area (Å²) >= 11 is 3.41. The molecule has 126 valence electrons. The van der Waals surface area contributed by atoms with E-state index in [4.69, 9.17) is 0 Å². The quantitative estimate of drug-likeness (QED) is 0.731. The van der Waals surface area contributed by atoms with E-state index in [1.54, 1.807) is 18.2 Å². The summed E-state index contributed by atoms with van der Waals surface area (Å²) in [7, 11) is 0. The maximum atomic E-state index is 12.4. The van der Waals surface area contributed by atoms with Crippen molar-refractivity contribution in [2.75, 3.05) is 0 Å². The normalized spacial score (nSPS) is 20.5. The fourth-order valence-electron chi connectivity index (χ4n) is 3.33. The van der Waals surface area contributed by atoms with Gasteiger partial charge in [0.1, 0.15) is 11.5 Å². The first kappa shape index (κ1) is 16.8. The molecule has 0 aromatic heterocycles. The van der Waals surface area contributed by atoms with E-state index in [0.29, 0.717) is 5.56 Å². The van der Waals surface area contributed by atoms with Crippen molar-refractivity contribution in [3.05, 3.63) is 58.1 Å². The third-order valence-corrected chi connectivity index (χ3v) is 5.33. The molecule has 4 nitrogen and oxygen atoms in total. The van der Waals surface area contributed by atoms with E-state index in [1.165, 1.54) is 6.07 Å². The number of nitrogens with one attached hydrogen (secondary N) is 1. The van der Waals surface area contributed by atoms with E-state index in [2.05, 4.69) is 21.2 Å². The van der Waals surface area contributed by atoms with Crippen LogP contribution in [0.15, 0.2) is 46.9 Å². The Balaban J connectivity index is 1.59. The summed E-state index contributed by atoms with van der Waals surface area (Å²) in [5, 5.41) is 22.5. The lowest BCUT2D eigenvalue weighted by Gasteiger charge is -2.29. The minimum absolute atomic E-state index is 0.0570. The average molecular weight is 390 g/mol. The Bertz CT molecular complexity index is 739. The molecule has 1 aliphatic rings. The SMILES string of the molecule is O=C(NC1CCC(c2ccc(O)cc2O)CC1)c1ccccc1Br. The summed E-state index contributed by atoms with van der Waals surface area (Å²) < 4.78 is 0.796. The highest BCUT2D eigenvalue weighted by atomic mass is 79.9. The van der Waals surface area contributed by atoms with E-state index in [-0.39, 0.29) is 29.4 Å². The smallest absolute Gasteiger partial charge is 0.252 e. The molecule has 0 saturated heterocycles. The third kappa shape index (κ3) is 3.73. The lowest BCUT2D eigenvalue weighted by Crippen LogP contribution is -2.37. The molecule has 0 aliphatic heterocycles. The summed E-state index contributed by atoms with van der Waals surface area (Å²) in [6.07, 6.45) is 3.56. The molecule has 3 rings (SSSR count). The Labute approximate surface area is 149 Å². The highest BCUT2D eigenvalue weighted by molar-refractivity contribution is 9.10. The number of carbonyl (C=O) groups is 1. The van der Waals surface area contributed by atoms with Gasteiger partial charge < -0.3 is 15.5 Å². The largest absolute Gasteiger partial charge is 0.508 e. The molecule has 0 atom stereocenters. The molecule has 1 aliphatic carbocycles. The molecule has 24 heavy (non-hydrogen) atoms. The van der Waals surface area contributed by atoms with E-state index in [1.807, 2.05) is 18.2 Å². The van der Waals surface area contributed by atoms with Crippen LogP contribution in [0.5, 0.6) is 11.5 Å². The second kappa shape index (κ2) is 7.26. The Morgan fingerprint density at radius 3 is 2.42 bits per heavy atom. The lowest BCUT2D eigenvalue weighted by atomic mass is 9.81. The molecule has 1 saturated carbocycles. The van der Waals surface area contributed by atoms with Crippen LogP contribution in [0, 0.1) is 0 Å². The number of carbonyl (C=O) groups excluding carboxylic acids is 1. The van der Waals surface area contributed by atoms with Gasteiger partial charge >= 0.3 is 0 Å². The molecule has 0 unspecified atom stereocenters. The van der Waals surface area contributed by atoms with Crippen LogP contribution in [0.4, 0.5) is 0 Å².